The van der Waals surface area contributed by atoms with Crippen molar-refractivity contribution in [2.45, 2.75) is 53.0 Å². The number of nitrogens with one attached hydrogen (secondary N) is 1. The first-order valence-corrected chi connectivity index (χ1v) is 11.9. The van der Waals surface area contributed by atoms with Gasteiger partial charge in [-0.2, -0.15) is 4.37 Å². The molecule has 5 N–H and O–H groups in total. The van der Waals surface area contributed by atoms with Gasteiger partial charge in [-0.25, -0.2) is 0 Å². The van der Waals surface area contributed by atoms with E-state index in [9.17, 15) is 14.4 Å². The van der Waals surface area contributed by atoms with Crippen LogP contribution in [0.15, 0.2) is 24.3 Å². The number of nitrogens with zero attached hydrogens (tertiary/aromatic N) is 2. The van der Waals surface area contributed by atoms with Crippen LogP contribution in [0, 0.1) is 5.92 Å². The third kappa shape index (κ3) is 6.44. The fourth-order valence-electron chi connectivity index (χ4n) is 3.34. The third-order valence-corrected chi connectivity index (χ3v) is 5.85. The molecule has 180 valence electrons. The van der Waals surface area contributed by atoms with Crippen LogP contribution < -0.4 is 26.4 Å². The summed E-state index contributed by atoms with van der Waals surface area (Å²) in [6.45, 7) is 8.82. The second-order valence-corrected chi connectivity index (χ2v) is 8.77. The molecule has 0 bridgehead atoms. The third-order valence-electron chi connectivity index (χ3n) is 5.00. The van der Waals surface area contributed by atoms with Crippen LogP contribution in [0.25, 0.3) is 0 Å². The summed E-state index contributed by atoms with van der Waals surface area (Å²) in [4.78, 5) is 40.1. The van der Waals surface area contributed by atoms with Crippen molar-refractivity contribution in [2.75, 3.05) is 23.8 Å². The maximum Gasteiger partial charge on any atom is 0.272 e. The number of rotatable bonds is 12. The summed E-state index contributed by atoms with van der Waals surface area (Å²) >= 11 is 0.784. The topological polar surface area (TPSA) is 141 Å². The number of anilines is 2. The minimum absolute atomic E-state index is 0.0474. The maximum atomic E-state index is 13.8. The number of ether oxygens (including phenoxy) is 1. The number of aromatic nitrogens is 1. The Labute approximate surface area is 198 Å². The molecular formula is C23H33N5O4S. The molecular weight excluding hydrogens is 442 g/mol. The van der Waals surface area contributed by atoms with Crippen molar-refractivity contribution in [2.24, 2.45) is 11.7 Å². The number of hydrogen-bond acceptors (Lipinski definition) is 7. The van der Waals surface area contributed by atoms with E-state index >= 15 is 0 Å². The molecule has 1 atom stereocenters. The van der Waals surface area contributed by atoms with Gasteiger partial charge in [0, 0.05) is 6.54 Å². The molecule has 10 heteroatoms. The highest BCUT2D eigenvalue weighted by Crippen LogP contribution is 2.34. The lowest BCUT2D eigenvalue weighted by Gasteiger charge is -2.32. The van der Waals surface area contributed by atoms with Gasteiger partial charge in [0.05, 0.1) is 18.0 Å². The van der Waals surface area contributed by atoms with Gasteiger partial charge in [0.1, 0.15) is 16.7 Å². The number of hydrogen-bond donors (Lipinski definition) is 3. The minimum Gasteiger partial charge on any atom is -0.492 e. The van der Waals surface area contributed by atoms with E-state index in [-0.39, 0.29) is 22.2 Å². The average molecular weight is 476 g/mol. The van der Waals surface area contributed by atoms with Crippen LogP contribution in [0.1, 0.15) is 67.1 Å². The lowest BCUT2D eigenvalue weighted by molar-refractivity contribution is -0.122. The molecule has 33 heavy (non-hydrogen) atoms. The number of carbonyl (C=O) groups excluding carboxylic acids is 3. The highest BCUT2D eigenvalue weighted by atomic mass is 32.1. The summed E-state index contributed by atoms with van der Waals surface area (Å²) in [6.07, 6.45) is 1.90. The molecule has 0 saturated heterocycles. The van der Waals surface area contributed by atoms with Gasteiger partial charge >= 0.3 is 0 Å². The van der Waals surface area contributed by atoms with Crippen LogP contribution >= 0.6 is 11.5 Å². The fourth-order valence-corrected chi connectivity index (χ4v) is 4.09. The standard InChI is InChI=1S/C23H33N5O4S/c1-5-9-16(22(30)26-13-12-14(3)4)28(15-10-7-8-11-17(15)32-6-2)23(31)20-18(24)19(21(25)29)27-33-20/h7-8,10-11,14,16H,5-6,9,12-13,24H2,1-4H3,(H2,25,29)(H,26,30). The number of nitrogens with two attached hydrogens (primary N) is 2. The van der Waals surface area contributed by atoms with E-state index in [2.05, 4.69) is 23.5 Å². The van der Waals surface area contributed by atoms with Gasteiger partial charge in [-0.15, -0.1) is 0 Å². The van der Waals surface area contributed by atoms with Crippen LogP contribution in [0.3, 0.4) is 0 Å². The van der Waals surface area contributed by atoms with Gasteiger partial charge in [-0.3, -0.25) is 19.3 Å². The molecule has 2 rings (SSSR count). The highest BCUT2D eigenvalue weighted by Gasteiger charge is 2.35. The van der Waals surface area contributed by atoms with Crippen molar-refractivity contribution in [3.05, 3.63) is 34.8 Å². The number of nitrogen functional groups attached to an aromatic ring is 1. The maximum absolute atomic E-state index is 13.8. The average Bonchev–Trinajstić information content (AvgIpc) is 3.15. The molecule has 3 amide bonds. The van der Waals surface area contributed by atoms with E-state index in [0.29, 0.717) is 43.3 Å². The monoisotopic (exact) mass is 475 g/mol. The van der Waals surface area contributed by atoms with E-state index in [1.807, 2.05) is 13.8 Å². The van der Waals surface area contributed by atoms with Crippen molar-refractivity contribution >= 4 is 40.6 Å². The van der Waals surface area contributed by atoms with Crippen molar-refractivity contribution in [1.82, 2.24) is 9.69 Å². The van der Waals surface area contributed by atoms with Gasteiger partial charge in [-0.05, 0) is 49.3 Å². The summed E-state index contributed by atoms with van der Waals surface area (Å²) in [5.74, 6) is -0.740. The first-order chi connectivity index (χ1) is 15.7. The summed E-state index contributed by atoms with van der Waals surface area (Å²) < 4.78 is 9.71. The molecule has 1 aromatic heterocycles. The van der Waals surface area contributed by atoms with Crippen LogP contribution in [-0.4, -0.2) is 41.3 Å². The fraction of sp³-hybridized carbons (Fsp3) is 0.478. The molecule has 0 saturated carbocycles. The van der Waals surface area contributed by atoms with Gasteiger partial charge in [0.25, 0.3) is 11.8 Å². The number of amides is 3. The Balaban J connectivity index is 2.57. The minimum atomic E-state index is -0.819. The Morgan fingerprint density at radius 3 is 2.45 bits per heavy atom. The van der Waals surface area contributed by atoms with Gasteiger partial charge < -0.3 is 21.5 Å². The quantitative estimate of drug-likeness (QED) is 0.430. The number of para-hydroxylation sites is 2. The summed E-state index contributed by atoms with van der Waals surface area (Å²) in [6, 6.07) is 6.21. The SMILES string of the molecule is CCCC(C(=O)NCCC(C)C)N(C(=O)c1snc(C(N)=O)c1N)c1ccccc1OCC. The predicted molar refractivity (Wildman–Crippen MR) is 131 cm³/mol. The van der Waals surface area contributed by atoms with Crippen LogP contribution in [0.4, 0.5) is 11.4 Å². The van der Waals surface area contributed by atoms with E-state index in [0.717, 1.165) is 18.0 Å². The normalized spacial score (nSPS) is 11.8. The van der Waals surface area contributed by atoms with Crippen molar-refractivity contribution in [3.63, 3.8) is 0 Å². The molecule has 0 aliphatic heterocycles. The summed E-state index contributed by atoms with van der Waals surface area (Å²) in [5, 5.41) is 2.95. The summed E-state index contributed by atoms with van der Waals surface area (Å²) in [5.41, 5.74) is 11.6. The van der Waals surface area contributed by atoms with Crippen LogP contribution in [0.5, 0.6) is 5.75 Å². The van der Waals surface area contributed by atoms with Crippen molar-refractivity contribution < 1.29 is 19.1 Å². The van der Waals surface area contributed by atoms with Crippen molar-refractivity contribution in [1.29, 1.82) is 0 Å². The second kappa shape index (κ2) is 12.2. The Morgan fingerprint density at radius 2 is 1.88 bits per heavy atom. The molecule has 9 nitrogen and oxygen atoms in total. The molecule has 1 unspecified atom stereocenters. The lowest BCUT2D eigenvalue weighted by atomic mass is 10.1. The Hall–Kier alpha value is -3.14. The smallest absolute Gasteiger partial charge is 0.272 e. The molecule has 0 spiro atoms. The van der Waals surface area contributed by atoms with Gasteiger partial charge in [0.2, 0.25) is 5.91 Å². The molecule has 0 aliphatic rings. The zero-order valence-electron chi connectivity index (χ0n) is 19.6. The molecule has 2 aromatic rings. The first kappa shape index (κ1) is 26.1. The van der Waals surface area contributed by atoms with Crippen LogP contribution in [-0.2, 0) is 4.79 Å². The second-order valence-electron chi connectivity index (χ2n) is 7.99. The summed E-state index contributed by atoms with van der Waals surface area (Å²) in [7, 11) is 0. The molecule has 1 aromatic carbocycles. The zero-order valence-corrected chi connectivity index (χ0v) is 20.4. The molecule has 1 heterocycles. The van der Waals surface area contributed by atoms with Gasteiger partial charge in [0.15, 0.2) is 5.69 Å². The van der Waals surface area contributed by atoms with Crippen molar-refractivity contribution in [3.8, 4) is 5.75 Å². The van der Waals surface area contributed by atoms with Crippen LogP contribution in [0.2, 0.25) is 0 Å². The van der Waals surface area contributed by atoms with E-state index in [1.54, 1.807) is 24.3 Å². The van der Waals surface area contributed by atoms with E-state index in [4.69, 9.17) is 16.2 Å². The zero-order chi connectivity index (χ0) is 24.5. The molecule has 0 aliphatic carbocycles. The molecule has 0 radical (unpaired) electrons. The largest absolute Gasteiger partial charge is 0.492 e. The Kier molecular flexibility index (Phi) is 9.65. The molecule has 0 fully saturated rings. The Bertz CT molecular complexity index is 976. The lowest BCUT2D eigenvalue weighted by Crippen LogP contribution is -2.50. The highest BCUT2D eigenvalue weighted by molar-refractivity contribution is 7.09. The Morgan fingerprint density at radius 1 is 1.18 bits per heavy atom. The number of primary amides is 1. The van der Waals surface area contributed by atoms with E-state index in [1.165, 1.54) is 4.90 Å². The predicted octanol–water partition coefficient (Wildman–Crippen LogP) is 3.20. The first-order valence-electron chi connectivity index (χ1n) is 11.1. The number of benzene rings is 1. The number of carbonyl (C=O) groups is 3. The van der Waals surface area contributed by atoms with E-state index < -0.39 is 17.9 Å². The van der Waals surface area contributed by atoms with Gasteiger partial charge in [-0.1, -0.05) is 39.3 Å².